The molecule has 0 aromatic heterocycles. The highest BCUT2D eigenvalue weighted by atomic mass is 16.5. The van der Waals surface area contributed by atoms with Gasteiger partial charge < -0.3 is 15.0 Å². The van der Waals surface area contributed by atoms with Gasteiger partial charge in [-0.25, -0.2) is 4.79 Å². The lowest BCUT2D eigenvalue weighted by atomic mass is 9.76. The minimum absolute atomic E-state index is 0.0473. The minimum Gasteiger partial charge on any atom is -0.468 e. The van der Waals surface area contributed by atoms with E-state index in [2.05, 4.69) is 10.6 Å². The molecule has 2 N–H and O–H groups in total. The molecule has 32 heavy (non-hydrogen) atoms. The summed E-state index contributed by atoms with van der Waals surface area (Å²) >= 11 is 0. The molecular formula is C23H32N4O5. The average molecular weight is 445 g/mol. The van der Waals surface area contributed by atoms with Gasteiger partial charge in [0.25, 0.3) is 0 Å². The van der Waals surface area contributed by atoms with Crippen LogP contribution in [-0.2, 0) is 25.5 Å². The first-order valence-corrected chi connectivity index (χ1v) is 10.9. The maximum Gasteiger partial charge on any atom is 0.327 e. The molecule has 0 unspecified atom stereocenters. The smallest absolute Gasteiger partial charge is 0.327 e. The first kappa shape index (κ1) is 23.7. The van der Waals surface area contributed by atoms with Crippen LogP contribution in [0.2, 0.25) is 0 Å². The zero-order valence-electron chi connectivity index (χ0n) is 19.3. The molecule has 2 aliphatic rings. The molecule has 0 saturated carbocycles. The van der Waals surface area contributed by atoms with E-state index in [1.807, 2.05) is 51.1 Å². The molecule has 1 aromatic rings. The van der Waals surface area contributed by atoms with Gasteiger partial charge in [-0.05, 0) is 26.3 Å². The Hall–Kier alpha value is -2.94. The largest absolute Gasteiger partial charge is 0.468 e. The van der Waals surface area contributed by atoms with E-state index in [0.717, 1.165) is 10.5 Å². The first-order chi connectivity index (χ1) is 15.2. The Morgan fingerprint density at radius 1 is 1.22 bits per heavy atom. The summed E-state index contributed by atoms with van der Waals surface area (Å²) in [5, 5.41) is 6.15. The number of esters is 1. The molecule has 3 rings (SSSR count). The Bertz CT molecular complexity index is 890. The van der Waals surface area contributed by atoms with Gasteiger partial charge in [0.1, 0.15) is 5.54 Å². The number of fused-ring (bicyclic) bond motifs is 1. The topological polar surface area (TPSA) is 108 Å². The summed E-state index contributed by atoms with van der Waals surface area (Å²) in [4.78, 5) is 54.7. The predicted octanol–water partition coefficient (Wildman–Crippen LogP) is 0.784. The lowest BCUT2D eigenvalue weighted by Crippen LogP contribution is -2.60. The van der Waals surface area contributed by atoms with Crippen LogP contribution in [0.4, 0.5) is 4.79 Å². The fourth-order valence-corrected chi connectivity index (χ4v) is 4.88. The molecule has 9 nitrogen and oxygen atoms in total. The van der Waals surface area contributed by atoms with Crippen molar-refractivity contribution in [2.45, 2.75) is 44.8 Å². The Balaban J connectivity index is 2.01. The lowest BCUT2D eigenvalue weighted by Gasteiger charge is -2.33. The second-order valence-electron chi connectivity index (χ2n) is 8.76. The van der Waals surface area contributed by atoms with Crippen molar-refractivity contribution in [1.29, 1.82) is 0 Å². The molecule has 0 bridgehead atoms. The number of nitrogens with one attached hydrogen (secondary N) is 2. The van der Waals surface area contributed by atoms with Gasteiger partial charge in [-0.1, -0.05) is 30.3 Å². The number of ether oxygens (including phenoxy) is 1. The van der Waals surface area contributed by atoms with Gasteiger partial charge in [-0.15, -0.1) is 0 Å². The highest BCUT2D eigenvalue weighted by molar-refractivity contribution is 6.09. The van der Waals surface area contributed by atoms with Crippen molar-refractivity contribution in [2.24, 2.45) is 11.8 Å². The normalized spacial score (nSPS) is 26.9. The minimum atomic E-state index is -1.41. The van der Waals surface area contributed by atoms with Crippen molar-refractivity contribution in [1.82, 2.24) is 20.4 Å². The standard InChI is InChI=1S/C23H32N4O5/c1-6-27(22(31)24-14(2)3)13-16-17-18(20(29)26(4)19(17)28)23(25-16,21(30)32-5)12-15-10-8-7-9-11-15/h7-11,14,16-18,25H,6,12-13H2,1-5H3,(H,24,31)/t16-,17+,18-,23-/m1/s1. The third kappa shape index (κ3) is 4.09. The summed E-state index contributed by atoms with van der Waals surface area (Å²) in [6, 6.07) is 8.43. The summed E-state index contributed by atoms with van der Waals surface area (Å²) in [6.45, 7) is 6.17. The van der Waals surface area contributed by atoms with Crippen molar-refractivity contribution < 1.29 is 23.9 Å². The van der Waals surface area contributed by atoms with Gasteiger partial charge in [0.2, 0.25) is 11.8 Å². The number of hydrogen-bond acceptors (Lipinski definition) is 6. The molecule has 2 saturated heterocycles. The number of nitrogens with zero attached hydrogens (tertiary/aromatic N) is 2. The lowest BCUT2D eigenvalue weighted by molar-refractivity contribution is -0.153. The molecule has 2 heterocycles. The number of imide groups is 1. The first-order valence-electron chi connectivity index (χ1n) is 10.9. The zero-order chi connectivity index (χ0) is 23.6. The molecule has 0 aliphatic carbocycles. The number of carbonyl (C=O) groups excluding carboxylic acids is 4. The van der Waals surface area contributed by atoms with Crippen molar-refractivity contribution >= 4 is 23.8 Å². The van der Waals surface area contributed by atoms with E-state index in [-0.39, 0.29) is 30.9 Å². The number of likely N-dealkylation sites (tertiary alicyclic amines) is 1. The number of carbonyl (C=O) groups is 4. The van der Waals surface area contributed by atoms with Crippen LogP contribution >= 0.6 is 0 Å². The maximum atomic E-state index is 13.2. The quantitative estimate of drug-likeness (QED) is 0.475. The van der Waals surface area contributed by atoms with Gasteiger partial charge in [0.05, 0.1) is 18.9 Å². The molecule has 4 atom stereocenters. The number of rotatable bonds is 7. The second-order valence-corrected chi connectivity index (χ2v) is 8.76. The van der Waals surface area contributed by atoms with Crippen molar-refractivity contribution in [3.63, 3.8) is 0 Å². The van der Waals surface area contributed by atoms with Crippen LogP contribution in [-0.4, -0.2) is 78.5 Å². The highest BCUT2D eigenvalue weighted by Gasteiger charge is 2.68. The zero-order valence-corrected chi connectivity index (χ0v) is 19.3. The van der Waals surface area contributed by atoms with E-state index in [1.165, 1.54) is 14.2 Å². The Morgan fingerprint density at radius 2 is 1.88 bits per heavy atom. The van der Waals surface area contributed by atoms with E-state index in [9.17, 15) is 19.2 Å². The number of likely N-dealkylation sites (N-methyl/N-ethyl adjacent to an activating group) is 1. The van der Waals surface area contributed by atoms with E-state index in [4.69, 9.17) is 4.74 Å². The summed E-state index contributed by atoms with van der Waals surface area (Å²) in [5.41, 5.74) is -0.568. The van der Waals surface area contributed by atoms with Crippen LogP contribution < -0.4 is 10.6 Å². The van der Waals surface area contributed by atoms with Gasteiger partial charge >= 0.3 is 12.0 Å². The molecule has 4 amide bonds. The molecule has 174 valence electrons. The van der Waals surface area contributed by atoms with Gasteiger partial charge in [0.15, 0.2) is 0 Å². The number of hydrogen-bond donors (Lipinski definition) is 2. The van der Waals surface area contributed by atoms with Crippen molar-refractivity contribution in [3.05, 3.63) is 35.9 Å². The summed E-state index contributed by atoms with van der Waals surface area (Å²) < 4.78 is 5.14. The monoisotopic (exact) mass is 444 g/mol. The summed E-state index contributed by atoms with van der Waals surface area (Å²) in [7, 11) is 2.71. The predicted molar refractivity (Wildman–Crippen MR) is 117 cm³/mol. The molecule has 0 radical (unpaired) electrons. The third-order valence-electron chi connectivity index (χ3n) is 6.35. The molecule has 9 heteroatoms. The number of methoxy groups -OCH3 is 1. The second kappa shape index (κ2) is 9.28. The highest BCUT2D eigenvalue weighted by Crippen LogP contribution is 2.44. The fraction of sp³-hybridized carbons (Fsp3) is 0.565. The van der Waals surface area contributed by atoms with E-state index in [0.29, 0.717) is 6.54 Å². The Kier molecular flexibility index (Phi) is 6.88. The maximum absolute atomic E-state index is 13.2. The molecule has 2 fully saturated rings. The fourth-order valence-electron chi connectivity index (χ4n) is 4.88. The van der Waals surface area contributed by atoms with Crippen molar-refractivity contribution in [3.8, 4) is 0 Å². The van der Waals surface area contributed by atoms with Gasteiger partial charge in [-0.2, -0.15) is 0 Å². The van der Waals surface area contributed by atoms with Crippen LogP contribution in [0.5, 0.6) is 0 Å². The molecular weight excluding hydrogens is 412 g/mol. The molecule has 0 spiro atoms. The third-order valence-corrected chi connectivity index (χ3v) is 6.35. The van der Waals surface area contributed by atoms with E-state index in [1.54, 1.807) is 4.90 Å². The van der Waals surface area contributed by atoms with E-state index >= 15 is 0 Å². The van der Waals surface area contributed by atoms with E-state index < -0.39 is 35.3 Å². The number of benzene rings is 1. The summed E-state index contributed by atoms with van der Waals surface area (Å²) in [6.07, 6.45) is 0.190. The van der Waals surface area contributed by atoms with Gasteiger partial charge in [0, 0.05) is 38.6 Å². The number of amides is 4. The molecule has 1 aromatic carbocycles. The Morgan fingerprint density at radius 3 is 2.44 bits per heavy atom. The Labute approximate surface area is 188 Å². The average Bonchev–Trinajstić information content (AvgIpc) is 3.20. The SMILES string of the molecule is CCN(C[C@H]1N[C@@](Cc2ccccc2)(C(=O)OC)[C@H]2C(=O)N(C)C(=O)[C@@H]12)C(=O)NC(C)C. The van der Waals surface area contributed by atoms with Crippen LogP contribution in [0.1, 0.15) is 26.3 Å². The van der Waals surface area contributed by atoms with Crippen LogP contribution in [0.3, 0.4) is 0 Å². The van der Waals surface area contributed by atoms with Crippen LogP contribution in [0.15, 0.2) is 30.3 Å². The van der Waals surface area contributed by atoms with Crippen LogP contribution in [0, 0.1) is 11.8 Å². The van der Waals surface area contributed by atoms with Crippen LogP contribution in [0.25, 0.3) is 0 Å². The molecule has 2 aliphatic heterocycles. The van der Waals surface area contributed by atoms with Gasteiger partial charge in [-0.3, -0.25) is 24.6 Å². The number of urea groups is 1. The summed E-state index contributed by atoms with van der Waals surface area (Å²) in [5.74, 6) is -3.03. The van der Waals surface area contributed by atoms with Crippen molar-refractivity contribution in [2.75, 3.05) is 27.2 Å².